The molecule has 0 bridgehead atoms. The summed E-state index contributed by atoms with van der Waals surface area (Å²) in [6, 6.07) is 0. The first-order chi connectivity index (χ1) is 4.46. The second-order valence-electron chi connectivity index (χ2n) is 0.805. The van der Waals surface area contributed by atoms with Gasteiger partial charge >= 0.3 is 0 Å². The molecule has 0 saturated heterocycles. The van der Waals surface area contributed by atoms with Crippen molar-refractivity contribution in [2.24, 2.45) is 22.9 Å². The lowest BCUT2D eigenvalue weighted by Gasteiger charge is -1.68. The minimum atomic E-state index is 0.000000000000000222. The molecule has 0 aromatic rings. The number of hydrogen-bond acceptors (Lipinski definition) is 2. The first-order valence-electron chi connectivity index (χ1n) is 2.06. The predicted octanol–water partition coefficient (Wildman–Crippen LogP) is -0.820. The van der Waals surface area contributed by atoms with E-state index in [1.54, 1.807) is 0 Å². The highest BCUT2D eigenvalue weighted by atomic mass is 32.1. The van der Waals surface area contributed by atoms with Crippen LogP contribution >= 0.6 is 24.4 Å². The summed E-state index contributed by atoms with van der Waals surface area (Å²) in [6.07, 6.45) is 0. The summed E-state index contributed by atoms with van der Waals surface area (Å²) in [7, 11) is 0. The van der Waals surface area contributed by atoms with Crippen LogP contribution < -0.4 is 22.9 Å². The van der Waals surface area contributed by atoms with Gasteiger partial charge in [-0.05, 0) is 24.4 Å². The van der Waals surface area contributed by atoms with Crippen LogP contribution in [0.15, 0.2) is 13.2 Å². The van der Waals surface area contributed by atoms with Gasteiger partial charge in [-0.25, -0.2) is 0 Å². The minimum absolute atomic E-state index is 0.000000000000000222. The number of rotatable bonds is 0. The van der Waals surface area contributed by atoms with Gasteiger partial charge in [0.05, 0.1) is 0 Å². The summed E-state index contributed by atoms with van der Waals surface area (Å²) in [5.74, 6) is 0. The molecule has 0 atom stereocenters. The van der Waals surface area contributed by atoms with Gasteiger partial charge in [0.1, 0.15) is 0 Å². The van der Waals surface area contributed by atoms with Crippen molar-refractivity contribution in [1.29, 1.82) is 0 Å². The van der Waals surface area contributed by atoms with Gasteiger partial charge in [0.25, 0.3) is 0 Å². The molecule has 0 heterocycles. The van der Waals surface area contributed by atoms with Crippen molar-refractivity contribution in [2.75, 3.05) is 0 Å². The van der Waals surface area contributed by atoms with E-state index < -0.39 is 0 Å². The minimum Gasteiger partial charge on any atom is -0.377 e. The summed E-state index contributed by atoms with van der Waals surface area (Å²) in [6.45, 7) is 6.00. The van der Waals surface area contributed by atoms with Crippen LogP contribution in [0, 0.1) is 0 Å². The lowest BCUT2D eigenvalue weighted by Crippen LogP contribution is -2.18. The van der Waals surface area contributed by atoms with Crippen LogP contribution in [-0.2, 0) is 0 Å². The lowest BCUT2D eigenvalue weighted by atomic mass is 11.3. The van der Waals surface area contributed by atoms with E-state index in [0.717, 1.165) is 0 Å². The third-order valence-electron chi connectivity index (χ3n) is 0. The fraction of sp³-hybridized carbons (Fsp3) is 0. The normalized spacial score (nSPS) is 5.20. The van der Waals surface area contributed by atoms with Crippen molar-refractivity contribution in [3.05, 3.63) is 13.2 Å². The van der Waals surface area contributed by atoms with E-state index in [-0.39, 0.29) is 10.2 Å². The molecular weight excluding hydrogens is 168 g/mol. The molecule has 8 N–H and O–H groups in total. The first-order valence-corrected chi connectivity index (χ1v) is 2.88. The van der Waals surface area contributed by atoms with Gasteiger partial charge in [-0.2, -0.15) is 0 Å². The topological polar surface area (TPSA) is 104 Å². The van der Waals surface area contributed by atoms with Gasteiger partial charge < -0.3 is 22.9 Å². The number of nitrogens with two attached hydrogens (primary N) is 4. The van der Waals surface area contributed by atoms with Gasteiger partial charge in [-0.1, -0.05) is 0 Å². The Hall–Kier alpha value is -0.880. The largest absolute Gasteiger partial charge is 0.377 e. The second kappa shape index (κ2) is 15.7. The Morgan fingerprint density at radius 2 is 0.800 bits per heavy atom. The molecule has 60 valence electrons. The first kappa shape index (κ1) is 16.1. The third kappa shape index (κ3) is 344. The highest BCUT2D eigenvalue weighted by Crippen LogP contribution is 1.32. The molecule has 0 spiro atoms. The maximum atomic E-state index is 4.62. The zero-order valence-corrected chi connectivity index (χ0v) is 7.17. The highest BCUT2D eigenvalue weighted by Gasteiger charge is 1.53. The van der Waals surface area contributed by atoms with Crippen molar-refractivity contribution < 1.29 is 0 Å². The summed E-state index contributed by atoms with van der Waals surface area (Å²) >= 11 is 8.19. The summed E-state index contributed by atoms with van der Waals surface area (Å²) in [4.78, 5) is 0. The van der Waals surface area contributed by atoms with Crippen LogP contribution in [0.5, 0.6) is 0 Å². The van der Waals surface area contributed by atoms with Crippen molar-refractivity contribution in [3.8, 4) is 0 Å². The monoisotopic (exact) mass is 180 g/mol. The number of thiocarbonyl (C=S) groups is 2. The summed E-state index contributed by atoms with van der Waals surface area (Å²) in [5.41, 5.74) is 18.5. The molecule has 0 aromatic heterocycles. The molecule has 0 aliphatic heterocycles. The molecule has 4 nitrogen and oxygen atoms in total. The Kier molecular flexibility index (Phi) is 25.2. The summed E-state index contributed by atoms with van der Waals surface area (Å²) < 4.78 is 0. The fourth-order valence-electron chi connectivity index (χ4n) is 0. The molecule has 10 heavy (non-hydrogen) atoms. The van der Waals surface area contributed by atoms with E-state index in [1.165, 1.54) is 0 Å². The lowest BCUT2D eigenvalue weighted by molar-refractivity contribution is 1.65. The SMILES string of the molecule is C=C.NC(N)=S.NC(N)=S. The van der Waals surface area contributed by atoms with Crippen molar-refractivity contribution >= 4 is 34.7 Å². The number of hydrogen-bond donors (Lipinski definition) is 4. The Balaban J connectivity index is -0.0000000787. The van der Waals surface area contributed by atoms with Crippen LogP contribution in [0.4, 0.5) is 0 Å². The quantitative estimate of drug-likeness (QED) is 0.287. The second-order valence-corrected chi connectivity index (χ2v) is 1.75. The van der Waals surface area contributed by atoms with Crippen LogP contribution in [0.3, 0.4) is 0 Å². The van der Waals surface area contributed by atoms with Gasteiger partial charge in [0.2, 0.25) is 0 Å². The Labute approximate surface area is 71.2 Å². The highest BCUT2D eigenvalue weighted by molar-refractivity contribution is 7.80. The zero-order valence-electron chi connectivity index (χ0n) is 5.54. The molecule has 0 aliphatic rings. The van der Waals surface area contributed by atoms with E-state index >= 15 is 0 Å². The average Bonchev–Trinajstić information content (AvgIpc) is 1.66. The maximum absolute atomic E-state index is 4.62. The van der Waals surface area contributed by atoms with E-state index in [2.05, 4.69) is 60.5 Å². The molecule has 0 radical (unpaired) electrons. The third-order valence-corrected chi connectivity index (χ3v) is 0. The smallest absolute Gasteiger partial charge is 0.160 e. The molecule has 0 rings (SSSR count). The van der Waals surface area contributed by atoms with Gasteiger partial charge in [-0.15, -0.1) is 13.2 Å². The fourth-order valence-corrected chi connectivity index (χ4v) is 0. The summed E-state index contributed by atoms with van der Waals surface area (Å²) in [5, 5.41) is 0.000000000000000444. The van der Waals surface area contributed by atoms with Gasteiger partial charge in [0.15, 0.2) is 10.2 Å². The van der Waals surface area contributed by atoms with Crippen LogP contribution in [0.2, 0.25) is 0 Å². The van der Waals surface area contributed by atoms with E-state index in [0.29, 0.717) is 0 Å². The maximum Gasteiger partial charge on any atom is 0.160 e. The van der Waals surface area contributed by atoms with E-state index in [1.807, 2.05) is 0 Å². The van der Waals surface area contributed by atoms with Crippen LogP contribution in [-0.4, -0.2) is 10.2 Å². The standard InChI is InChI=1S/C2H4.2CH4N2S/c1-2;2*2-1(3)4/h1-2H2;2*(H4,2,3,4). The van der Waals surface area contributed by atoms with Crippen molar-refractivity contribution in [2.45, 2.75) is 0 Å². The van der Waals surface area contributed by atoms with Gasteiger partial charge in [-0.3, -0.25) is 0 Å². The molecule has 0 amide bonds. The molecule has 6 heteroatoms. The molecule has 0 fully saturated rings. The zero-order chi connectivity index (χ0) is 9.15. The Bertz CT molecular complexity index is 83.4. The van der Waals surface area contributed by atoms with Crippen molar-refractivity contribution in [1.82, 2.24) is 0 Å². The Morgan fingerprint density at radius 3 is 0.800 bits per heavy atom. The van der Waals surface area contributed by atoms with Crippen LogP contribution in [0.25, 0.3) is 0 Å². The van der Waals surface area contributed by atoms with Crippen LogP contribution in [0.1, 0.15) is 0 Å². The van der Waals surface area contributed by atoms with Gasteiger partial charge in [0, 0.05) is 0 Å². The predicted molar refractivity (Wildman–Crippen MR) is 53.2 cm³/mol. The molecule has 0 aromatic carbocycles. The molecule has 0 aliphatic carbocycles. The molecular formula is C4H12N4S2. The van der Waals surface area contributed by atoms with E-state index in [9.17, 15) is 0 Å². The van der Waals surface area contributed by atoms with Crippen molar-refractivity contribution in [3.63, 3.8) is 0 Å². The van der Waals surface area contributed by atoms with E-state index in [4.69, 9.17) is 0 Å². The molecule has 0 saturated carbocycles. The Morgan fingerprint density at radius 1 is 0.800 bits per heavy atom. The average molecular weight is 180 g/mol. The molecule has 0 unspecified atom stereocenters.